The number of nitrogens with zero attached hydrogens (tertiary/aromatic N) is 5. The molecule has 0 saturated carbocycles. The molecule has 2 aromatic heterocycles. The zero-order valence-corrected chi connectivity index (χ0v) is 27.7. The van der Waals surface area contributed by atoms with Crippen molar-refractivity contribution in [1.82, 2.24) is 19.7 Å². The number of aliphatic hydroxyl groups is 1. The first-order valence-corrected chi connectivity index (χ1v) is 18.2. The average molecular weight is 666 g/mol. The Bertz CT molecular complexity index is 1740. The molecule has 0 saturated heterocycles. The first-order valence-electron chi connectivity index (χ1n) is 13.7. The van der Waals surface area contributed by atoms with Gasteiger partial charge in [0, 0.05) is 24.2 Å². The average Bonchev–Trinajstić information content (AvgIpc) is 3.43. The fourth-order valence-electron chi connectivity index (χ4n) is 4.57. The van der Waals surface area contributed by atoms with Crippen LogP contribution in [-0.4, -0.2) is 90.9 Å². The number of benzene rings is 2. The van der Waals surface area contributed by atoms with Crippen LogP contribution in [0.2, 0.25) is 0 Å². The minimum Gasteiger partial charge on any atom is -0.494 e. The van der Waals surface area contributed by atoms with Gasteiger partial charge in [0.25, 0.3) is 0 Å². The van der Waals surface area contributed by atoms with Crippen molar-refractivity contribution in [3.8, 4) is 34.6 Å². The second-order valence-electron chi connectivity index (χ2n) is 11.0. The molecule has 2 heterocycles. The number of aromatic nitrogens is 4. The molecule has 0 spiro atoms. The van der Waals surface area contributed by atoms with Crippen molar-refractivity contribution < 1.29 is 36.5 Å². The summed E-state index contributed by atoms with van der Waals surface area (Å²) in [5.41, 5.74) is 0.243. The number of halogens is 2. The maximum atomic E-state index is 14.7. The Hall–Kier alpha value is -3.95. The lowest BCUT2D eigenvalue weighted by molar-refractivity contribution is 0.171. The lowest BCUT2D eigenvalue weighted by atomic mass is 10.1. The zero-order chi connectivity index (χ0) is 33.1. The number of aliphatic hydroxyl groups excluding tert-OH is 1. The van der Waals surface area contributed by atoms with Crippen molar-refractivity contribution >= 4 is 26.0 Å². The van der Waals surface area contributed by atoms with E-state index in [0.717, 1.165) is 16.4 Å². The summed E-state index contributed by atoms with van der Waals surface area (Å²) in [4.78, 5) is 4.50. The Labute approximate surface area is 263 Å². The second-order valence-corrected chi connectivity index (χ2v) is 17.8. The zero-order valence-electron chi connectivity index (χ0n) is 26.1. The summed E-state index contributed by atoms with van der Waals surface area (Å²) in [5.74, 6) is -0.542. The molecule has 244 valence electrons. The summed E-state index contributed by atoms with van der Waals surface area (Å²) >= 11 is 0. The van der Waals surface area contributed by atoms with Crippen molar-refractivity contribution in [2.24, 2.45) is 0 Å². The number of para-hydroxylation sites is 1. The van der Waals surface area contributed by atoms with Gasteiger partial charge >= 0.3 is 0 Å². The van der Waals surface area contributed by atoms with Crippen LogP contribution in [0.15, 0.2) is 54.6 Å². The highest BCUT2D eigenvalue weighted by molar-refractivity contribution is 8.32. The number of anilines is 1. The molecule has 4 aromatic rings. The predicted octanol–water partition coefficient (Wildman–Crippen LogP) is 4.59. The monoisotopic (exact) mass is 665 g/mol. The molecule has 0 aliphatic heterocycles. The maximum Gasteiger partial charge on any atom is 0.246 e. The Morgan fingerprint density at radius 1 is 0.933 bits per heavy atom. The first-order chi connectivity index (χ1) is 21.2. The molecule has 0 aliphatic carbocycles. The summed E-state index contributed by atoms with van der Waals surface area (Å²) in [7, 11) is -1.40. The number of hydrogen-bond donors (Lipinski definition) is 1. The van der Waals surface area contributed by atoms with Gasteiger partial charge in [0.05, 0.1) is 21.3 Å². The SMILES string of the molecule is COc1cccc(-c2nnc(N(CCS(C)(C)C)S(=O)(=O)[C@@H](C)[C@@H](O)c3ccc(F)cc3F)n2-c2c(OC)cccc2OC)n1. The summed E-state index contributed by atoms with van der Waals surface area (Å²) in [6.07, 6.45) is 4.26. The Morgan fingerprint density at radius 3 is 2.16 bits per heavy atom. The molecule has 45 heavy (non-hydrogen) atoms. The van der Waals surface area contributed by atoms with E-state index in [9.17, 15) is 22.3 Å². The van der Waals surface area contributed by atoms with E-state index in [2.05, 4.69) is 15.2 Å². The molecule has 0 fully saturated rings. The van der Waals surface area contributed by atoms with Gasteiger partial charge in [-0.25, -0.2) is 36.5 Å². The number of sulfonamides is 1. The van der Waals surface area contributed by atoms with E-state index in [1.807, 2.05) is 18.8 Å². The standard InChI is InChI=1S/C30H37F2N5O6S2/c1-19(28(38)21-15-14-20(31)18-22(21)32)45(39,40)36(16-17-44(5,6)7)30-35-34-29(23-10-8-13-26(33-23)43-4)37(30)27-24(41-2)11-9-12-25(27)42-3/h8-15,18-19,28,38H,16-17H2,1-7H3/t19-,28+/m0/s1. The van der Waals surface area contributed by atoms with Crippen molar-refractivity contribution in [3.63, 3.8) is 0 Å². The van der Waals surface area contributed by atoms with E-state index in [1.54, 1.807) is 36.4 Å². The molecule has 11 nitrogen and oxygen atoms in total. The van der Waals surface area contributed by atoms with Crippen LogP contribution in [0.4, 0.5) is 14.7 Å². The summed E-state index contributed by atoms with van der Waals surface area (Å²) in [5, 5.41) is 18.3. The van der Waals surface area contributed by atoms with Gasteiger partial charge in [0.2, 0.25) is 21.9 Å². The Morgan fingerprint density at radius 2 is 1.58 bits per heavy atom. The lowest BCUT2D eigenvalue weighted by Crippen LogP contribution is -2.43. The van der Waals surface area contributed by atoms with Gasteiger partial charge in [0.15, 0.2) is 5.82 Å². The van der Waals surface area contributed by atoms with Gasteiger partial charge < -0.3 is 19.3 Å². The summed E-state index contributed by atoms with van der Waals surface area (Å²) < 4.78 is 76.5. The van der Waals surface area contributed by atoms with Gasteiger partial charge in [-0.15, -0.1) is 10.2 Å². The van der Waals surface area contributed by atoms with E-state index >= 15 is 0 Å². The first kappa shape index (κ1) is 33.9. The highest BCUT2D eigenvalue weighted by atomic mass is 32.3. The molecule has 0 radical (unpaired) electrons. The van der Waals surface area contributed by atoms with E-state index in [4.69, 9.17) is 14.2 Å². The number of hydrogen-bond acceptors (Lipinski definition) is 9. The fourth-order valence-corrected chi connectivity index (χ4v) is 6.98. The molecule has 15 heteroatoms. The molecular formula is C30H37F2N5O6S2. The smallest absolute Gasteiger partial charge is 0.246 e. The third-order valence-electron chi connectivity index (χ3n) is 7.07. The highest BCUT2D eigenvalue weighted by Gasteiger charge is 2.40. The van der Waals surface area contributed by atoms with Crippen molar-refractivity contribution in [1.29, 1.82) is 0 Å². The third-order valence-corrected chi connectivity index (χ3v) is 10.6. The van der Waals surface area contributed by atoms with Crippen molar-refractivity contribution in [3.05, 3.63) is 71.8 Å². The highest BCUT2D eigenvalue weighted by Crippen LogP contribution is 2.41. The van der Waals surface area contributed by atoms with E-state index in [0.29, 0.717) is 34.7 Å². The van der Waals surface area contributed by atoms with Gasteiger partial charge in [-0.1, -0.05) is 18.2 Å². The second kappa shape index (κ2) is 13.6. The van der Waals surface area contributed by atoms with Crippen LogP contribution < -0.4 is 18.5 Å². The van der Waals surface area contributed by atoms with Crippen molar-refractivity contribution in [2.45, 2.75) is 18.3 Å². The molecule has 0 unspecified atom stereocenters. The Balaban J connectivity index is 2.00. The van der Waals surface area contributed by atoms with Crippen molar-refractivity contribution in [2.75, 3.05) is 56.7 Å². The predicted molar refractivity (Wildman–Crippen MR) is 172 cm³/mol. The summed E-state index contributed by atoms with van der Waals surface area (Å²) in [6, 6.07) is 12.6. The number of methoxy groups -OCH3 is 3. The van der Waals surface area contributed by atoms with Crippen LogP contribution in [0.5, 0.6) is 17.4 Å². The normalized spacial score (nSPS) is 13.6. The Kier molecular flexibility index (Phi) is 10.2. The number of rotatable bonds is 13. The third kappa shape index (κ3) is 7.15. The van der Waals surface area contributed by atoms with Crippen LogP contribution in [-0.2, 0) is 10.0 Å². The number of pyridine rings is 1. The molecule has 0 amide bonds. The molecule has 2 aromatic carbocycles. The lowest BCUT2D eigenvalue weighted by Gasteiger charge is -2.33. The minimum absolute atomic E-state index is 0.0503. The van der Waals surface area contributed by atoms with Gasteiger partial charge in [0.1, 0.15) is 45.9 Å². The maximum absolute atomic E-state index is 14.7. The van der Waals surface area contributed by atoms with Crippen LogP contribution >= 0.6 is 10.0 Å². The number of ether oxygens (including phenoxy) is 3. The van der Waals surface area contributed by atoms with Gasteiger partial charge in [-0.3, -0.25) is 4.57 Å². The molecule has 0 aliphatic rings. The molecular weight excluding hydrogens is 628 g/mol. The van der Waals surface area contributed by atoms with Crippen LogP contribution in [0.3, 0.4) is 0 Å². The minimum atomic E-state index is -4.52. The van der Waals surface area contributed by atoms with E-state index < -0.39 is 43.0 Å². The molecule has 2 atom stereocenters. The fraction of sp³-hybridized carbons (Fsp3) is 0.367. The van der Waals surface area contributed by atoms with E-state index in [1.165, 1.54) is 32.8 Å². The van der Waals surface area contributed by atoms with Crippen LogP contribution in [0.25, 0.3) is 17.2 Å². The van der Waals surface area contributed by atoms with Gasteiger partial charge in [-0.05, 0) is 55.7 Å². The molecule has 0 bridgehead atoms. The topological polar surface area (TPSA) is 129 Å². The van der Waals surface area contributed by atoms with E-state index in [-0.39, 0.29) is 29.8 Å². The largest absolute Gasteiger partial charge is 0.494 e. The quantitative estimate of drug-likeness (QED) is 0.218. The van der Waals surface area contributed by atoms with Crippen LogP contribution in [0.1, 0.15) is 18.6 Å². The molecule has 1 N–H and O–H groups in total. The summed E-state index contributed by atoms with van der Waals surface area (Å²) in [6.45, 7) is 1.21. The van der Waals surface area contributed by atoms with Gasteiger partial charge in [-0.2, -0.15) is 0 Å². The van der Waals surface area contributed by atoms with Crippen LogP contribution in [0, 0.1) is 11.6 Å². The molecule has 4 rings (SSSR count).